The molecule has 0 bridgehead atoms. The Morgan fingerprint density at radius 1 is 1.11 bits per heavy atom. The quantitative estimate of drug-likeness (QED) is 0.446. The lowest BCUT2D eigenvalue weighted by atomic mass is 10.0. The van der Waals surface area contributed by atoms with Gasteiger partial charge in [0.05, 0.1) is 11.0 Å². The first kappa shape index (κ1) is 24.8. The van der Waals surface area contributed by atoms with E-state index in [0.29, 0.717) is 30.3 Å². The SMILES string of the molecule is Cc1c(Oc2ccccc2)ccc([N+](=O)[O-])c1N1CCN2CC[C@@H](N(C)C(=O)OC(C)(C)C)[C@@H]2C1. The number of likely N-dealkylation sites (N-methyl/N-ethyl adjacent to an activating group) is 1. The van der Waals surface area contributed by atoms with E-state index in [2.05, 4.69) is 9.80 Å². The molecule has 0 spiro atoms. The topological polar surface area (TPSA) is 88.4 Å². The first-order chi connectivity index (χ1) is 16.5. The van der Waals surface area contributed by atoms with E-state index >= 15 is 0 Å². The zero-order valence-electron chi connectivity index (χ0n) is 21.1. The molecule has 0 unspecified atom stereocenters. The molecule has 188 valence electrons. The zero-order valence-corrected chi connectivity index (χ0v) is 21.1. The molecule has 2 heterocycles. The number of carbonyl (C=O) groups excluding carboxylic acids is 1. The molecule has 0 N–H and O–H groups in total. The van der Waals surface area contributed by atoms with Gasteiger partial charge in [-0.15, -0.1) is 0 Å². The van der Waals surface area contributed by atoms with Crippen LogP contribution in [0.15, 0.2) is 42.5 Å². The number of piperazine rings is 1. The smallest absolute Gasteiger partial charge is 0.410 e. The van der Waals surface area contributed by atoms with Crippen molar-refractivity contribution in [3.63, 3.8) is 0 Å². The molecule has 1 amide bonds. The standard InChI is InChI=1S/C26H34N4O5/c1-18-23(34-19-9-7-6-8-10-19)12-11-21(30(32)33)24(18)29-16-15-28-14-13-20(22(28)17-29)27(5)25(31)35-26(2,3)4/h6-12,20,22H,13-17H2,1-5H3/t20-,22+/m1/s1. The lowest BCUT2D eigenvalue weighted by Crippen LogP contribution is -2.57. The third kappa shape index (κ3) is 5.35. The Balaban J connectivity index is 1.60. The van der Waals surface area contributed by atoms with Crippen molar-refractivity contribution < 1.29 is 19.2 Å². The Bertz CT molecular complexity index is 1090. The van der Waals surface area contributed by atoms with Crippen LogP contribution in [-0.4, -0.2) is 71.7 Å². The minimum absolute atomic E-state index is 0.0317. The summed E-state index contributed by atoms with van der Waals surface area (Å²) in [6.45, 7) is 10.3. The Hall–Kier alpha value is -3.33. The van der Waals surface area contributed by atoms with E-state index in [1.54, 1.807) is 18.0 Å². The van der Waals surface area contributed by atoms with Crippen molar-refractivity contribution >= 4 is 17.5 Å². The number of ether oxygens (including phenoxy) is 2. The van der Waals surface area contributed by atoms with Crippen LogP contribution in [0.1, 0.15) is 32.8 Å². The summed E-state index contributed by atoms with van der Waals surface area (Å²) in [6.07, 6.45) is 0.494. The van der Waals surface area contributed by atoms with E-state index in [1.807, 2.05) is 58.0 Å². The maximum Gasteiger partial charge on any atom is 0.410 e. The maximum absolute atomic E-state index is 12.8. The van der Waals surface area contributed by atoms with Crippen LogP contribution in [0, 0.1) is 17.0 Å². The number of rotatable bonds is 5. The molecule has 2 fully saturated rings. The number of carbonyl (C=O) groups is 1. The Kier molecular flexibility index (Phi) is 6.89. The highest BCUT2D eigenvalue weighted by molar-refractivity contribution is 5.72. The van der Waals surface area contributed by atoms with Gasteiger partial charge in [0.25, 0.3) is 5.69 Å². The van der Waals surface area contributed by atoms with Gasteiger partial charge in [0.1, 0.15) is 22.8 Å². The van der Waals surface area contributed by atoms with Crippen LogP contribution in [0.5, 0.6) is 11.5 Å². The third-order valence-corrected chi connectivity index (χ3v) is 6.71. The fourth-order valence-corrected chi connectivity index (χ4v) is 5.04. The summed E-state index contributed by atoms with van der Waals surface area (Å²) in [5.74, 6) is 1.27. The van der Waals surface area contributed by atoms with Crippen LogP contribution in [0.3, 0.4) is 0 Å². The average molecular weight is 483 g/mol. The summed E-state index contributed by atoms with van der Waals surface area (Å²) in [5, 5.41) is 12.0. The van der Waals surface area contributed by atoms with E-state index in [0.717, 1.165) is 25.1 Å². The van der Waals surface area contributed by atoms with E-state index < -0.39 is 5.60 Å². The molecule has 35 heavy (non-hydrogen) atoms. The van der Waals surface area contributed by atoms with Gasteiger partial charge in [0.15, 0.2) is 0 Å². The average Bonchev–Trinajstić information content (AvgIpc) is 3.22. The second-order valence-corrected chi connectivity index (χ2v) is 10.2. The van der Waals surface area contributed by atoms with Gasteiger partial charge in [-0.2, -0.15) is 0 Å². The molecule has 2 aromatic rings. The van der Waals surface area contributed by atoms with Crippen molar-refractivity contribution in [2.75, 3.05) is 38.1 Å². The Labute approximate surface area is 206 Å². The lowest BCUT2D eigenvalue weighted by molar-refractivity contribution is -0.384. The molecule has 2 aliphatic rings. The molecule has 0 radical (unpaired) electrons. The van der Waals surface area contributed by atoms with Crippen LogP contribution in [0.25, 0.3) is 0 Å². The van der Waals surface area contributed by atoms with E-state index in [4.69, 9.17) is 9.47 Å². The van der Waals surface area contributed by atoms with E-state index in [9.17, 15) is 14.9 Å². The molecule has 9 heteroatoms. The first-order valence-corrected chi connectivity index (χ1v) is 12.0. The number of amides is 1. The number of nitro groups is 1. The lowest BCUT2D eigenvalue weighted by Gasteiger charge is -2.42. The predicted molar refractivity (Wildman–Crippen MR) is 134 cm³/mol. The highest BCUT2D eigenvalue weighted by Crippen LogP contribution is 2.41. The van der Waals surface area contributed by atoms with Crippen LogP contribution in [-0.2, 0) is 4.74 Å². The van der Waals surface area contributed by atoms with Gasteiger partial charge in [-0.25, -0.2) is 4.79 Å². The molecule has 2 aliphatic heterocycles. The number of anilines is 1. The largest absolute Gasteiger partial charge is 0.457 e. The molecule has 0 aliphatic carbocycles. The molecular weight excluding hydrogens is 448 g/mol. The number of nitrogens with zero attached hydrogens (tertiary/aromatic N) is 4. The number of para-hydroxylation sites is 1. The van der Waals surface area contributed by atoms with Crippen molar-refractivity contribution in [3.05, 3.63) is 58.1 Å². The summed E-state index contributed by atoms with van der Waals surface area (Å²) in [7, 11) is 1.78. The normalized spacial score (nSPS) is 20.3. The molecule has 2 saturated heterocycles. The van der Waals surface area contributed by atoms with Crippen molar-refractivity contribution in [2.45, 2.75) is 51.8 Å². The third-order valence-electron chi connectivity index (χ3n) is 6.71. The zero-order chi connectivity index (χ0) is 25.3. The first-order valence-electron chi connectivity index (χ1n) is 12.0. The molecule has 2 aromatic carbocycles. The second-order valence-electron chi connectivity index (χ2n) is 10.2. The van der Waals surface area contributed by atoms with Crippen LogP contribution >= 0.6 is 0 Å². The number of hydrogen-bond donors (Lipinski definition) is 0. The van der Waals surface area contributed by atoms with Crippen molar-refractivity contribution in [1.29, 1.82) is 0 Å². The highest BCUT2D eigenvalue weighted by Gasteiger charge is 2.43. The van der Waals surface area contributed by atoms with E-state index in [1.165, 1.54) is 6.07 Å². The van der Waals surface area contributed by atoms with Crippen molar-refractivity contribution in [1.82, 2.24) is 9.80 Å². The van der Waals surface area contributed by atoms with Gasteiger partial charge in [-0.1, -0.05) is 18.2 Å². The molecule has 0 aromatic heterocycles. The Morgan fingerprint density at radius 2 is 1.83 bits per heavy atom. The van der Waals surface area contributed by atoms with Gasteiger partial charge >= 0.3 is 6.09 Å². The fraction of sp³-hybridized carbons (Fsp3) is 0.500. The minimum Gasteiger partial charge on any atom is -0.457 e. The number of hydrogen-bond acceptors (Lipinski definition) is 7. The molecule has 0 saturated carbocycles. The van der Waals surface area contributed by atoms with Crippen LogP contribution in [0.4, 0.5) is 16.2 Å². The van der Waals surface area contributed by atoms with Gasteiger partial charge in [-0.05, 0) is 52.3 Å². The minimum atomic E-state index is -0.570. The van der Waals surface area contributed by atoms with Crippen LogP contribution < -0.4 is 9.64 Å². The number of fused-ring (bicyclic) bond motifs is 1. The Morgan fingerprint density at radius 3 is 2.49 bits per heavy atom. The highest BCUT2D eigenvalue weighted by atomic mass is 16.6. The summed E-state index contributed by atoms with van der Waals surface area (Å²) >= 11 is 0. The molecular formula is C26H34N4O5. The summed E-state index contributed by atoms with van der Waals surface area (Å²) in [5.41, 5.74) is 0.797. The second kappa shape index (κ2) is 9.73. The number of benzene rings is 2. The molecule has 4 rings (SSSR count). The summed E-state index contributed by atoms with van der Waals surface area (Å²) < 4.78 is 11.7. The van der Waals surface area contributed by atoms with Gasteiger partial charge in [-0.3, -0.25) is 15.0 Å². The molecule has 9 nitrogen and oxygen atoms in total. The van der Waals surface area contributed by atoms with Gasteiger partial charge in [0, 0.05) is 50.9 Å². The van der Waals surface area contributed by atoms with Crippen molar-refractivity contribution in [3.8, 4) is 11.5 Å². The monoisotopic (exact) mass is 482 g/mol. The molecule has 2 atom stereocenters. The summed E-state index contributed by atoms with van der Waals surface area (Å²) in [4.78, 5) is 30.5. The van der Waals surface area contributed by atoms with Gasteiger partial charge in [0.2, 0.25) is 0 Å². The predicted octanol–water partition coefficient (Wildman–Crippen LogP) is 4.83. The van der Waals surface area contributed by atoms with Crippen LogP contribution in [0.2, 0.25) is 0 Å². The fourth-order valence-electron chi connectivity index (χ4n) is 5.04. The van der Waals surface area contributed by atoms with Crippen molar-refractivity contribution in [2.24, 2.45) is 0 Å². The maximum atomic E-state index is 12.8. The summed E-state index contributed by atoms with van der Waals surface area (Å²) in [6, 6.07) is 12.6. The van der Waals surface area contributed by atoms with Gasteiger partial charge < -0.3 is 19.3 Å². The van der Waals surface area contributed by atoms with E-state index in [-0.39, 0.29) is 28.8 Å². The number of nitro benzene ring substituents is 1.